The molecule has 1 atom stereocenters. The van der Waals surface area contributed by atoms with Gasteiger partial charge >= 0.3 is 5.97 Å². The zero-order chi connectivity index (χ0) is 17.3. The molecule has 0 spiro atoms. The van der Waals surface area contributed by atoms with Crippen molar-refractivity contribution in [1.29, 1.82) is 0 Å². The van der Waals surface area contributed by atoms with Gasteiger partial charge in [0.15, 0.2) is 17.5 Å². The molecule has 2 N–H and O–H groups in total. The number of carbonyl (C=O) groups is 2. The second kappa shape index (κ2) is 6.23. The number of hydrogen-bond donors (Lipinski definition) is 2. The molecule has 1 amide bonds. The normalized spacial score (nSPS) is 16.4. The number of benzene rings is 1. The second-order valence-electron chi connectivity index (χ2n) is 5.33. The molecule has 0 radical (unpaired) electrons. The Morgan fingerprint density at radius 3 is 2.71 bits per heavy atom. The minimum Gasteiger partial charge on any atom is -0.493 e. The van der Waals surface area contributed by atoms with E-state index >= 15 is 0 Å². The molecular weight excluding hydrogens is 314 g/mol. The Morgan fingerprint density at radius 1 is 1.29 bits per heavy atom. The SMILES string of the molecule is COc1ccc(C(=O)N2CCc3[nH]cnc3[C@@H]2C(=O)O)cc1OC. The molecule has 0 saturated carbocycles. The summed E-state index contributed by atoms with van der Waals surface area (Å²) in [6.07, 6.45) is 1.98. The molecule has 1 aliphatic rings. The second-order valence-corrected chi connectivity index (χ2v) is 5.33. The minimum atomic E-state index is -1.11. The van der Waals surface area contributed by atoms with Crippen LogP contribution >= 0.6 is 0 Å². The Balaban J connectivity index is 1.96. The highest BCUT2D eigenvalue weighted by atomic mass is 16.5. The van der Waals surface area contributed by atoms with E-state index in [1.54, 1.807) is 18.2 Å². The van der Waals surface area contributed by atoms with Crippen LogP contribution in [0.5, 0.6) is 11.5 Å². The maximum absolute atomic E-state index is 12.8. The van der Waals surface area contributed by atoms with Crippen LogP contribution in [0, 0.1) is 0 Å². The molecule has 2 aromatic rings. The lowest BCUT2D eigenvalue weighted by molar-refractivity contribution is -0.143. The van der Waals surface area contributed by atoms with E-state index in [0.29, 0.717) is 35.7 Å². The van der Waals surface area contributed by atoms with E-state index in [1.807, 2.05) is 0 Å². The summed E-state index contributed by atoms with van der Waals surface area (Å²) in [6, 6.07) is 3.63. The van der Waals surface area contributed by atoms with E-state index in [1.165, 1.54) is 25.4 Å². The number of carboxylic acid groups (broad SMARTS) is 1. The number of fused-ring (bicyclic) bond motifs is 1. The van der Waals surface area contributed by atoms with Gasteiger partial charge in [-0.15, -0.1) is 0 Å². The molecule has 1 aliphatic heterocycles. The average Bonchev–Trinajstić information content (AvgIpc) is 3.07. The number of H-pyrrole nitrogens is 1. The van der Waals surface area contributed by atoms with E-state index in [0.717, 1.165) is 5.69 Å². The Hall–Kier alpha value is -3.03. The maximum Gasteiger partial charge on any atom is 0.332 e. The quantitative estimate of drug-likeness (QED) is 0.874. The van der Waals surface area contributed by atoms with Crippen molar-refractivity contribution in [3.05, 3.63) is 41.5 Å². The molecule has 1 aromatic carbocycles. The van der Waals surface area contributed by atoms with Crippen molar-refractivity contribution in [2.45, 2.75) is 12.5 Å². The lowest BCUT2D eigenvalue weighted by Crippen LogP contribution is -2.43. The average molecular weight is 331 g/mol. The number of hydrogen-bond acceptors (Lipinski definition) is 5. The van der Waals surface area contributed by atoms with Gasteiger partial charge in [-0.2, -0.15) is 0 Å². The first-order valence-corrected chi connectivity index (χ1v) is 7.34. The summed E-state index contributed by atoms with van der Waals surface area (Å²) >= 11 is 0. The van der Waals surface area contributed by atoms with Gasteiger partial charge < -0.3 is 24.5 Å². The van der Waals surface area contributed by atoms with Crippen LogP contribution in [0.3, 0.4) is 0 Å². The number of aromatic amines is 1. The maximum atomic E-state index is 12.8. The molecule has 24 heavy (non-hydrogen) atoms. The van der Waals surface area contributed by atoms with Crippen LogP contribution in [0.1, 0.15) is 27.8 Å². The van der Waals surface area contributed by atoms with Crippen LogP contribution in [-0.2, 0) is 11.2 Å². The van der Waals surface area contributed by atoms with E-state index in [9.17, 15) is 14.7 Å². The zero-order valence-corrected chi connectivity index (χ0v) is 13.3. The first-order valence-electron chi connectivity index (χ1n) is 7.34. The monoisotopic (exact) mass is 331 g/mol. The molecule has 0 bridgehead atoms. The molecule has 8 nitrogen and oxygen atoms in total. The van der Waals surface area contributed by atoms with Crippen molar-refractivity contribution in [2.75, 3.05) is 20.8 Å². The van der Waals surface area contributed by atoms with Crippen LogP contribution in [0.2, 0.25) is 0 Å². The van der Waals surface area contributed by atoms with E-state index < -0.39 is 17.9 Å². The molecule has 0 unspecified atom stereocenters. The summed E-state index contributed by atoms with van der Waals surface area (Å²) in [5, 5.41) is 9.56. The molecular formula is C16H17N3O5. The highest BCUT2D eigenvalue weighted by Crippen LogP contribution is 2.32. The van der Waals surface area contributed by atoms with Crippen LogP contribution in [-0.4, -0.2) is 52.6 Å². The number of methoxy groups -OCH3 is 2. The number of rotatable bonds is 4. The van der Waals surface area contributed by atoms with Crippen LogP contribution in [0.15, 0.2) is 24.5 Å². The summed E-state index contributed by atoms with van der Waals surface area (Å²) in [4.78, 5) is 32.8. The van der Waals surface area contributed by atoms with Gasteiger partial charge in [0, 0.05) is 24.2 Å². The predicted molar refractivity (Wildman–Crippen MR) is 83.3 cm³/mol. The summed E-state index contributed by atoms with van der Waals surface area (Å²) in [5.41, 5.74) is 1.46. The lowest BCUT2D eigenvalue weighted by atomic mass is 10.0. The third-order valence-electron chi connectivity index (χ3n) is 4.05. The van der Waals surface area contributed by atoms with Gasteiger partial charge in [-0.25, -0.2) is 9.78 Å². The zero-order valence-electron chi connectivity index (χ0n) is 13.3. The fourth-order valence-electron chi connectivity index (χ4n) is 2.88. The lowest BCUT2D eigenvalue weighted by Gasteiger charge is -2.32. The first-order chi connectivity index (χ1) is 11.6. The summed E-state index contributed by atoms with van der Waals surface area (Å²) in [7, 11) is 2.98. The molecule has 8 heteroatoms. The van der Waals surface area contributed by atoms with Crippen LogP contribution < -0.4 is 9.47 Å². The van der Waals surface area contributed by atoms with Gasteiger partial charge in [0.25, 0.3) is 5.91 Å². The highest BCUT2D eigenvalue weighted by Gasteiger charge is 2.38. The minimum absolute atomic E-state index is 0.291. The van der Waals surface area contributed by atoms with Crippen molar-refractivity contribution >= 4 is 11.9 Å². The molecule has 2 heterocycles. The molecule has 1 aromatic heterocycles. The molecule has 0 aliphatic carbocycles. The van der Waals surface area contributed by atoms with Crippen molar-refractivity contribution in [1.82, 2.24) is 14.9 Å². The number of nitrogens with one attached hydrogen (secondary N) is 1. The smallest absolute Gasteiger partial charge is 0.332 e. The van der Waals surface area contributed by atoms with Gasteiger partial charge in [-0.3, -0.25) is 4.79 Å². The first kappa shape index (κ1) is 15.9. The molecule has 3 rings (SSSR count). The van der Waals surface area contributed by atoms with Crippen molar-refractivity contribution < 1.29 is 24.2 Å². The summed E-state index contributed by atoms with van der Waals surface area (Å²) < 4.78 is 10.4. The number of ether oxygens (including phenoxy) is 2. The predicted octanol–water partition coefficient (Wildman–Crippen LogP) is 1.25. The topological polar surface area (TPSA) is 105 Å². The number of nitrogens with zero attached hydrogens (tertiary/aromatic N) is 2. The standard InChI is InChI=1S/C16H17N3O5/c1-23-11-4-3-9(7-12(11)24-2)15(20)19-6-5-10-13(18-8-17-10)14(19)16(21)22/h3-4,7-8,14H,5-6H2,1-2H3,(H,17,18)(H,21,22)/t14-/m1/s1. The third kappa shape index (κ3) is 2.55. The van der Waals surface area contributed by atoms with E-state index in [2.05, 4.69) is 9.97 Å². The van der Waals surface area contributed by atoms with Crippen molar-refractivity contribution in [2.24, 2.45) is 0 Å². The fourth-order valence-corrected chi connectivity index (χ4v) is 2.88. The van der Waals surface area contributed by atoms with E-state index in [4.69, 9.17) is 9.47 Å². The Morgan fingerprint density at radius 2 is 2.04 bits per heavy atom. The summed E-state index contributed by atoms with van der Waals surface area (Å²) in [6.45, 7) is 0.291. The highest BCUT2D eigenvalue weighted by molar-refractivity contribution is 5.97. The number of aliphatic carboxylic acids is 1. The Kier molecular flexibility index (Phi) is 4.11. The van der Waals surface area contributed by atoms with Gasteiger partial charge in [-0.05, 0) is 18.2 Å². The Labute approximate surface area is 138 Å². The molecule has 0 fully saturated rings. The van der Waals surface area contributed by atoms with Gasteiger partial charge in [0.05, 0.1) is 26.2 Å². The van der Waals surface area contributed by atoms with Crippen LogP contribution in [0.4, 0.5) is 0 Å². The van der Waals surface area contributed by atoms with Gasteiger partial charge in [0.1, 0.15) is 0 Å². The van der Waals surface area contributed by atoms with Gasteiger partial charge in [-0.1, -0.05) is 0 Å². The fraction of sp³-hybridized carbons (Fsp3) is 0.312. The van der Waals surface area contributed by atoms with Crippen molar-refractivity contribution in [3.8, 4) is 11.5 Å². The summed E-state index contributed by atoms with van der Waals surface area (Å²) in [5.74, 6) is -0.598. The molecule has 126 valence electrons. The molecule has 0 saturated heterocycles. The number of carbonyl (C=O) groups excluding carboxylic acids is 1. The van der Waals surface area contributed by atoms with Crippen LogP contribution in [0.25, 0.3) is 0 Å². The van der Waals surface area contributed by atoms with Crippen molar-refractivity contribution in [3.63, 3.8) is 0 Å². The largest absolute Gasteiger partial charge is 0.493 e. The number of amides is 1. The van der Waals surface area contributed by atoms with Gasteiger partial charge in [0.2, 0.25) is 0 Å². The van der Waals surface area contributed by atoms with E-state index in [-0.39, 0.29) is 0 Å². The number of imidazole rings is 1. The Bertz CT molecular complexity index is 786. The third-order valence-corrected chi connectivity index (χ3v) is 4.05. The number of aromatic nitrogens is 2. The number of carboxylic acids is 1.